The first kappa shape index (κ1) is 18.8. The van der Waals surface area contributed by atoms with E-state index in [0.717, 1.165) is 66.2 Å². The molecule has 2 aromatic heterocycles. The fourth-order valence-electron chi connectivity index (χ4n) is 3.63. The third kappa shape index (κ3) is 4.00. The van der Waals surface area contributed by atoms with E-state index in [0.29, 0.717) is 0 Å². The topological polar surface area (TPSA) is 54.3 Å². The van der Waals surface area contributed by atoms with Crippen molar-refractivity contribution in [2.45, 2.75) is 20.4 Å². The minimum absolute atomic E-state index is 0.128. The fourth-order valence-corrected chi connectivity index (χ4v) is 4.52. The molecule has 0 radical (unpaired) electrons. The molecule has 4 rings (SSSR count). The van der Waals surface area contributed by atoms with Gasteiger partial charge in [-0.15, -0.1) is 11.3 Å². The van der Waals surface area contributed by atoms with Crippen molar-refractivity contribution in [2.24, 2.45) is 0 Å². The number of aromatic nitrogens is 3. The fraction of sp³-hybridized carbons (Fsp3) is 0.381. The molecule has 0 N–H and O–H groups in total. The van der Waals surface area contributed by atoms with Gasteiger partial charge >= 0.3 is 0 Å². The normalized spacial score (nSPS) is 15.1. The number of benzene rings is 1. The molecule has 1 aliphatic heterocycles. The van der Waals surface area contributed by atoms with Crippen LogP contribution in [0, 0.1) is 13.8 Å². The number of piperazine rings is 1. The molecular formula is C21H25N5OS. The molecule has 0 atom stereocenters. The van der Waals surface area contributed by atoms with E-state index in [1.54, 1.807) is 0 Å². The van der Waals surface area contributed by atoms with Gasteiger partial charge in [0.05, 0.1) is 10.7 Å². The van der Waals surface area contributed by atoms with Gasteiger partial charge < -0.3 is 9.47 Å². The monoisotopic (exact) mass is 395 g/mol. The Balaban J connectivity index is 1.32. The Morgan fingerprint density at radius 3 is 2.50 bits per heavy atom. The van der Waals surface area contributed by atoms with Gasteiger partial charge in [0, 0.05) is 57.2 Å². The predicted molar refractivity (Wildman–Crippen MR) is 112 cm³/mol. The zero-order valence-corrected chi connectivity index (χ0v) is 17.2. The zero-order chi connectivity index (χ0) is 19.5. The van der Waals surface area contributed by atoms with Gasteiger partial charge in [-0.1, -0.05) is 30.3 Å². The van der Waals surface area contributed by atoms with Crippen LogP contribution in [0.15, 0.2) is 42.7 Å². The summed E-state index contributed by atoms with van der Waals surface area (Å²) in [7, 11) is 0. The highest BCUT2D eigenvalue weighted by molar-refractivity contribution is 7.13. The van der Waals surface area contributed by atoms with E-state index in [4.69, 9.17) is 0 Å². The lowest BCUT2D eigenvalue weighted by atomic mass is 10.2. The van der Waals surface area contributed by atoms with Crippen LogP contribution in [0.5, 0.6) is 0 Å². The van der Waals surface area contributed by atoms with Gasteiger partial charge in [0.1, 0.15) is 10.7 Å². The number of amides is 1. The van der Waals surface area contributed by atoms with E-state index >= 15 is 0 Å². The lowest BCUT2D eigenvalue weighted by Gasteiger charge is -2.34. The summed E-state index contributed by atoms with van der Waals surface area (Å²) in [5, 5.41) is 0.953. The number of nitrogens with zero attached hydrogens (tertiary/aromatic N) is 5. The summed E-state index contributed by atoms with van der Waals surface area (Å²) >= 11 is 1.50. The summed E-state index contributed by atoms with van der Waals surface area (Å²) in [6.07, 6.45) is 3.90. The van der Waals surface area contributed by atoms with Crippen LogP contribution in [0.3, 0.4) is 0 Å². The maximum absolute atomic E-state index is 12.8. The number of aryl methyl sites for hydroxylation is 2. The quantitative estimate of drug-likeness (QED) is 0.666. The Morgan fingerprint density at radius 2 is 1.82 bits per heavy atom. The van der Waals surface area contributed by atoms with Crippen molar-refractivity contribution in [3.05, 3.63) is 58.3 Å². The lowest BCUT2D eigenvalue weighted by Crippen LogP contribution is -2.49. The highest BCUT2D eigenvalue weighted by Gasteiger charge is 2.25. The summed E-state index contributed by atoms with van der Waals surface area (Å²) in [6, 6.07) is 10.3. The molecule has 0 spiro atoms. The molecule has 3 aromatic rings. The standard InChI is InChI=1S/C21H25N5OS/c1-16-19(28-17(2)23-16)21(27)26-14-11-24(12-15-26)10-13-25-9-8-22-20(25)18-6-4-3-5-7-18/h3-9H,10-15H2,1-2H3. The van der Waals surface area contributed by atoms with Crippen LogP contribution >= 0.6 is 11.3 Å². The van der Waals surface area contributed by atoms with Crippen LogP contribution in [0.4, 0.5) is 0 Å². The molecule has 7 heteroatoms. The molecule has 0 aliphatic carbocycles. The highest BCUT2D eigenvalue weighted by Crippen LogP contribution is 2.20. The molecule has 0 saturated carbocycles. The lowest BCUT2D eigenvalue weighted by molar-refractivity contribution is 0.0637. The number of carbonyl (C=O) groups excluding carboxylic acids is 1. The van der Waals surface area contributed by atoms with Crippen molar-refractivity contribution in [3.63, 3.8) is 0 Å². The van der Waals surface area contributed by atoms with E-state index in [2.05, 4.69) is 31.6 Å². The average molecular weight is 396 g/mol. The van der Waals surface area contributed by atoms with Gasteiger partial charge in [-0.2, -0.15) is 0 Å². The van der Waals surface area contributed by atoms with Crippen LogP contribution in [0.25, 0.3) is 11.4 Å². The minimum atomic E-state index is 0.128. The van der Waals surface area contributed by atoms with Gasteiger partial charge in [-0.05, 0) is 13.8 Å². The first-order valence-corrected chi connectivity index (χ1v) is 10.5. The van der Waals surface area contributed by atoms with Crippen LogP contribution in [-0.2, 0) is 6.54 Å². The van der Waals surface area contributed by atoms with Crippen molar-refractivity contribution in [1.29, 1.82) is 0 Å². The van der Waals surface area contributed by atoms with Crippen molar-refractivity contribution in [1.82, 2.24) is 24.3 Å². The second-order valence-electron chi connectivity index (χ2n) is 7.09. The second-order valence-corrected chi connectivity index (χ2v) is 8.29. The average Bonchev–Trinajstić information content (AvgIpc) is 3.32. The molecule has 1 fully saturated rings. The molecule has 28 heavy (non-hydrogen) atoms. The smallest absolute Gasteiger partial charge is 0.265 e. The summed E-state index contributed by atoms with van der Waals surface area (Å²) < 4.78 is 2.20. The minimum Gasteiger partial charge on any atom is -0.335 e. The molecule has 0 unspecified atom stereocenters. The van der Waals surface area contributed by atoms with Crippen LogP contribution in [0.1, 0.15) is 20.4 Å². The molecule has 3 heterocycles. The van der Waals surface area contributed by atoms with E-state index in [1.807, 2.05) is 49.3 Å². The number of hydrogen-bond donors (Lipinski definition) is 0. The van der Waals surface area contributed by atoms with Gasteiger partial charge in [0.25, 0.3) is 5.91 Å². The molecule has 6 nitrogen and oxygen atoms in total. The van der Waals surface area contributed by atoms with Gasteiger partial charge in [0.2, 0.25) is 0 Å². The Labute approximate surface area is 169 Å². The maximum Gasteiger partial charge on any atom is 0.265 e. The van der Waals surface area contributed by atoms with E-state index in [9.17, 15) is 4.79 Å². The van der Waals surface area contributed by atoms with Crippen molar-refractivity contribution in [3.8, 4) is 11.4 Å². The first-order valence-electron chi connectivity index (χ1n) is 9.64. The first-order chi connectivity index (χ1) is 13.6. The van der Waals surface area contributed by atoms with Crippen molar-refractivity contribution in [2.75, 3.05) is 32.7 Å². The van der Waals surface area contributed by atoms with Crippen LogP contribution < -0.4 is 0 Å². The molecule has 146 valence electrons. The van der Waals surface area contributed by atoms with Gasteiger partial charge in [-0.3, -0.25) is 9.69 Å². The largest absolute Gasteiger partial charge is 0.335 e. The second kappa shape index (κ2) is 8.24. The molecule has 0 bridgehead atoms. The molecule has 1 saturated heterocycles. The van der Waals surface area contributed by atoms with Gasteiger partial charge in [0.15, 0.2) is 0 Å². The van der Waals surface area contributed by atoms with E-state index in [1.165, 1.54) is 11.3 Å². The number of rotatable bonds is 5. The Morgan fingerprint density at radius 1 is 1.07 bits per heavy atom. The van der Waals surface area contributed by atoms with Gasteiger partial charge in [-0.25, -0.2) is 9.97 Å². The molecular weight excluding hydrogens is 370 g/mol. The number of carbonyl (C=O) groups is 1. The number of thiazole rings is 1. The summed E-state index contributed by atoms with van der Waals surface area (Å²) in [6.45, 7) is 9.06. The highest BCUT2D eigenvalue weighted by atomic mass is 32.1. The number of imidazole rings is 1. The Bertz CT molecular complexity index is 941. The third-order valence-electron chi connectivity index (χ3n) is 5.16. The molecule has 1 aliphatic rings. The SMILES string of the molecule is Cc1nc(C)c(C(=O)N2CCN(CCn3ccnc3-c3ccccc3)CC2)s1. The van der Waals surface area contributed by atoms with Crippen molar-refractivity contribution < 1.29 is 4.79 Å². The summed E-state index contributed by atoms with van der Waals surface area (Å²) in [4.78, 5) is 26.8. The molecule has 1 aromatic carbocycles. The maximum atomic E-state index is 12.8. The van der Waals surface area contributed by atoms with Crippen LogP contribution in [0.2, 0.25) is 0 Å². The summed E-state index contributed by atoms with van der Waals surface area (Å²) in [5.74, 6) is 1.13. The number of hydrogen-bond acceptors (Lipinski definition) is 5. The zero-order valence-electron chi connectivity index (χ0n) is 16.3. The molecule has 1 amide bonds. The summed E-state index contributed by atoms with van der Waals surface area (Å²) in [5.41, 5.74) is 1.99. The van der Waals surface area contributed by atoms with Crippen LogP contribution in [-0.4, -0.2) is 63.0 Å². The third-order valence-corrected chi connectivity index (χ3v) is 6.22. The Hall–Kier alpha value is -2.51. The predicted octanol–water partition coefficient (Wildman–Crippen LogP) is 3.08. The van der Waals surface area contributed by atoms with Crippen molar-refractivity contribution >= 4 is 17.2 Å². The Kier molecular flexibility index (Phi) is 5.54. The van der Waals surface area contributed by atoms with E-state index in [-0.39, 0.29) is 5.91 Å². The van der Waals surface area contributed by atoms with E-state index < -0.39 is 0 Å².